The van der Waals surface area contributed by atoms with Gasteiger partial charge in [0.05, 0.1) is 17.8 Å². The number of nitrogens with zero attached hydrogens (tertiary/aromatic N) is 4. The minimum absolute atomic E-state index is 0.108. The lowest BCUT2D eigenvalue weighted by Crippen LogP contribution is -2.83. The SMILES string of the molecule is C=CCNC(=O)C(=O)C(CC1CC1)NC(=O)[C@@H]1[C@@H](C=C(C)C)CCN1C(=O)[C@H](C1Cc2ccccc2C1)N1C(=O)[C@@H](NC(=O)c2cnccn2)C12CCCCC2. The van der Waals surface area contributed by atoms with E-state index in [2.05, 4.69) is 44.6 Å². The Morgan fingerprint density at radius 2 is 1.71 bits per heavy atom. The maximum absolute atomic E-state index is 15.5. The molecule has 7 rings (SSSR count). The van der Waals surface area contributed by atoms with Crippen molar-refractivity contribution in [3.8, 4) is 0 Å². The van der Waals surface area contributed by atoms with Crippen LogP contribution in [0.5, 0.6) is 0 Å². The van der Waals surface area contributed by atoms with E-state index in [4.69, 9.17) is 0 Å². The Hall–Kier alpha value is -5.20. The first-order valence-electron chi connectivity index (χ1n) is 20.2. The van der Waals surface area contributed by atoms with E-state index in [0.29, 0.717) is 38.5 Å². The number of carbonyl (C=O) groups is 6. The van der Waals surface area contributed by atoms with Crippen molar-refractivity contribution in [1.82, 2.24) is 35.7 Å². The molecule has 3 heterocycles. The zero-order valence-electron chi connectivity index (χ0n) is 32.4. The number of allylic oxidation sites excluding steroid dienone is 1. The summed E-state index contributed by atoms with van der Waals surface area (Å²) < 4.78 is 0. The number of hydrogen-bond acceptors (Lipinski definition) is 8. The number of β-lactam (4-membered cyclic amide) rings is 1. The number of benzene rings is 1. The van der Waals surface area contributed by atoms with Gasteiger partial charge < -0.3 is 25.8 Å². The second-order valence-electron chi connectivity index (χ2n) is 16.5. The topological polar surface area (TPSA) is 171 Å². The van der Waals surface area contributed by atoms with Gasteiger partial charge in [0.2, 0.25) is 23.5 Å². The average molecular weight is 764 g/mol. The van der Waals surface area contributed by atoms with Crippen LogP contribution in [0.2, 0.25) is 0 Å². The first kappa shape index (κ1) is 39.1. The van der Waals surface area contributed by atoms with Crippen molar-refractivity contribution in [2.24, 2.45) is 17.8 Å². The molecule has 2 aliphatic heterocycles. The largest absolute Gasteiger partial charge is 0.346 e. The summed E-state index contributed by atoms with van der Waals surface area (Å²) in [4.78, 5) is 96.0. The van der Waals surface area contributed by atoms with Gasteiger partial charge in [0.15, 0.2) is 0 Å². The van der Waals surface area contributed by atoms with E-state index in [9.17, 15) is 24.0 Å². The highest BCUT2D eigenvalue weighted by atomic mass is 16.2. The van der Waals surface area contributed by atoms with E-state index in [0.717, 1.165) is 48.8 Å². The Morgan fingerprint density at radius 1 is 1.00 bits per heavy atom. The van der Waals surface area contributed by atoms with Crippen LogP contribution in [0.15, 0.2) is 67.2 Å². The van der Waals surface area contributed by atoms with Gasteiger partial charge in [-0.15, -0.1) is 6.58 Å². The lowest BCUT2D eigenvalue weighted by atomic mass is 9.66. The van der Waals surface area contributed by atoms with Crippen molar-refractivity contribution in [1.29, 1.82) is 0 Å². The van der Waals surface area contributed by atoms with Crippen molar-refractivity contribution in [2.75, 3.05) is 13.1 Å². The van der Waals surface area contributed by atoms with E-state index in [1.807, 2.05) is 32.1 Å². The third-order valence-corrected chi connectivity index (χ3v) is 12.4. The third-order valence-electron chi connectivity index (χ3n) is 12.4. The highest BCUT2D eigenvalue weighted by Gasteiger charge is 2.65. The minimum atomic E-state index is -1.04. The summed E-state index contributed by atoms with van der Waals surface area (Å²) in [5, 5.41) is 8.45. The number of ketones is 1. The molecule has 5 atom stereocenters. The molecule has 296 valence electrons. The molecule has 4 fully saturated rings. The molecule has 1 aromatic carbocycles. The molecule has 0 bridgehead atoms. The Balaban J connectivity index is 1.22. The molecule has 3 aliphatic carbocycles. The fourth-order valence-corrected chi connectivity index (χ4v) is 9.68. The van der Waals surface area contributed by atoms with Gasteiger partial charge in [0.1, 0.15) is 23.8 Å². The van der Waals surface area contributed by atoms with Crippen LogP contribution in [0, 0.1) is 17.8 Å². The normalized spacial score (nSPS) is 23.7. The smallest absolute Gasteiger partial charge is 0.289 e. The van der Waals surface area contributed by atoms with Gasteiger partial charge in [-0.1, -0.05) is 74.1 Å². The molecular weight excluding hydrogens is 711 g/mol. The van der Waals surface area contributed by atoms with Gasteiger partial charge in [-0.25, -0.2) is 4.98 Å². The number of amides is 5. The first-order valence-corrected chi connectivity index (χ1v) is 20.2. The van der Waals surface area contributed by atoms with Crippen LogP contribution in [-0.2, 0) is 36.8 Å². The summed E-state index contributed by atoms with van der Waals surface area (Å²) in [5.41, 5.74) is 2.56. The standard InChI is InChI=1S/C43H53N7O6/c1-4-17-46-40(54)36(51)32(22-27-12-13-27)47-39(53)34-30(21-26(2)3)14-20-49(34)41(55)35(31-23-28-10-6-7-11-29(28)24-31)50-42(56)37(43(50)15-8-5-9-16-43)48-38(52)33-25-44-18-19-45-33/h4,6-7,10-11,18-19,21,25,27,30-32,34-35,37H,1,5,8-9,12-17,20,22-24H2,2-3H3,(H,46,54)(H,47,53)(H,48,52)/t30-,32?,34+,35+,37-/m1/s1. The fourth-order valence-electron chi connectivity index (χ4n) is 9.68. The molecule has 13 heteroatoms. The maximum Gasteiger partial charge on any atom is 0.289 e. The zero-order valence-corrected chi connectivity index (χ0v) is 32.4. The van der Waals surface area contributed by atoms with Crippen molar-refractivity contribution in [3.05, 3.63) is 84.0 Å². The van der Waals surface area contributed by atoms with Crippen molar-refractivity contribution in [2.45, 2.75) is 114 Å². The van der Waals surface area contributed by atoms with Gasteiger partial charge in [-0.2, -0.15) is 0 Å². The molecule has 56 heavy (non-hydrogen) atoms. The number of carbonyl (C=O) groups excluding carboxylic acids is 6. The van der Waals surface area contributed by atoms with Gasteiger partial charge >= 0.3 is 0 Å². The molecule has 2 saturated carbocycles. The van der Waals surface area contributed by atoms with Crippen molar-refractivity contribution >= 4 is 35.3 Å². The van der Waals surface area contributed by atoms with Gasteiger partial charge in [0, 0.05) is 31.4 Å². The van der Waals surface area contributed by atoms with E-state index in [1.54, 1.807) is 9.80 Å². The molecule has 3 N–H and O–H groups in total. The second-order valence-corrected chi connectivity index (χ2v) is 16.5. The number of nitrogens with one attached hydrogen (secondary N) is 3. The minimum Gasteiger partial charge on any atom is -0.346 e. The number of rotatable bonds is 14. The van der Waals surface area contributed by atoms with E-state index < -0.39 is 53.2 Å². The molecule has 1 unspecified atom stereocenters. The fraction of sp³-hybridized carbons (Fsp3) is 0.535. The van der Waals surface area contributed by atoms with Crippen molar-refractivity contribution < 1.29 is 28.8 Å². The summed E-state index contributed by atoms with van der Waals surface area (Å²) in [6.07, 6.45) is 15.5. The maximum atomic E-state index is 15.5. The summed E-state index contributed by atoms with van der Waals surface area (Å²) in [6, 6.07) is 4.36. The Labute approximate surface area is 328 Å². The van der Waals surface area contributed by atoms with Gasteiger partial charge in [-0.3, -0.25) is 33.8 Å². The summed E-state index contributed by atoms with van der Waals surface area (Å²) in [6.45, 7) is 7.90. The summed E-state index contributed by atoms with van der Waals surface area (Å²) in [7, 11) is 0. The van der Waals surface area contributed by atoms with Crippen LogP contribution >= 0.6 is 0 Å². The predicted molar refractivity (Wildman–Crippen MR) is 208 cm³/mol. The molecule has 13 nitrogen and oxygen atoms in total. The number of hydrogen-bond donors (Lipinski definition) is 3. The molecule has 1 aromatic heterocycles. The third kappa shape index (κ3) is 7.77. The number of likely N-dealkylation sites (tertiary alicyclic amines) is 2. The predicted octanol–water partition coefficient (Wildman–Crippen LogP) is 3.24. The Morgan fingerprint density at radius 3 is 2.34 bits per heavy atom. The number of aromatic nitrogens is 2. The van der Waals surface area contributed by atoms with Crippen LogP contribution in [0.4, 0.5) is 0 Å². The molecule has 2 saturated heterocycles. The molecule has 5 aliphatic rings. The Kier molecular flexibility index (Phi) is 11.5. The lowest BCUT2D eigenvalue weighted by molar-refractivity contribution is -0.183. The first-order chi connectivity index (χ1) is 27.0. The number of Topliss-reactive ketones (excluding diaryl/α,β-unsaturated/α-hetero) is 1. The van der Waals surface area contributed by atoms with E-state index in [1.165, 1.54) is 24.7 Å². The highest BCUT2D eigenvalue weighted by molar-refractivity contribution is 6.38. The molecular formula is C43H53N7O6. The van der Waals surface area contributed by atoms with Crippen LogP contribution in [-0.4, -0.2) is 97.9 Å². The second kappa shape index (κ2) is 16.5. The average Bonchev–Trinajstić information content (AvgIpc) is 3.77. The van der Waals surface area contributed by atoms with Gasteiger partial charge in [0.25, 0.3) is 11.8 Å². The van der Waals surface area contributed by atoms with Crippen molar-refractivity contribution in [3.63, 3.8) is 0 Å². The molecule has 1 spiro atoms. The summed E-state index contributed by atoms with van der Waals surface area (Å²) >= 11 is 0. The van der Waals surface area contributed by atoms with Crippen LogP contribution in [0.1, 0.15) is 93.3 Å². The number of fused-ring (bicyclic) bond motifs is 1. The summed E-state index contributed by atoms with van der Waals surface area (Å²) in [5.74, 6) is -3.49. The van der Waals surface area contributed by atoms with Gasteiger partial charge in [-0.05, 0) is 75.3 Å². The molecule has 5 amide bonds. The monoisotopic (exact) mass is 763 g/mol. The van der Waals surface area contributed by atoms with E-state index in [-0.39, 0.29) is 48.4 Å². The van der Waals surface area contributed by atoms with E-state index >= 15 is 4.79 Å². The van der Waals surface area contributed by atoms with Crippen LogP contribution < -0.4 is 16.0 Å². The highest BCUT2D eigenvalue weighted by Crippen LogP contribution is 2.49. The lowest BCUT2D eigenvalue weighted by Gasteiger charge is -2.62. The van der Waals surface area contributed by atoms with Crippen LogP contribution in [0.25, 0.3) is 0 Å². The van der Waals surface area contributed by atoms with Crippen LogP contribution in [0.3, 0.4) is 0 Å². The molecule has 2 aromatic rings. The quantitative estimate of drug-likeness (QED) is 0.150. The zero-order chi connectivity index (χ0) is 39.6. The Bertz CT molecular complexity index is 1880. The molecule has 0 radical (unpaired) electrons.